The van der Waals surface area contributed by atoms with Crippen molar-refractivity contribution in [2.24, 2.45) is 0 Å². The van der Waals surface area contributed by atoms with Gasteiger partial charge in [-0.25, -0.2) is 4.79 Å². The van der Waals surface area contributed by atoms with E-state index >= 15 is 0 Å². The van der Waals surface area contributed by atoms with Gasteiger partial charge in [-0.3, -0.25) is 9.59 Å². The zero-order chi connectivity index (χ0) is 21.2. The van der Waals surface area contributed by atoms with Gasteiger partial charge in [0.15, 0.2) is 6.61 Å². The summed E-state index contributed by atoms with van der Waals surface area (Å²) in [6, 6.07) is 16.2. The molecule has 1 fully saturated rings. The zero-order valence-corrected chi connectivity index (χ0v) is 16.7. The van der Waals surface area contributed by atoms with Gasteiger partial charge in [-0.05, 0) is 49.2 Å². The molecule has 2 aromatic carbocycles. The van der Waals surface area contributed by atoms with Crippen molar-refractivity contribution in [1.29, 1.82) is 0 Å². The number of ether oxygens (including phenoxy) is 1. The number of nitrogens with one attached hydrogen (secondary N) is 3. The lowest BCUT2D eigenvalue weighted by atomic mass is 10.2. The molecule has 8 nitrogen and oxygen atoms in total. The zero-order valence-electron chi connectivity index (χ0n) is 16.7. The van der Waals surface area contributed by atoms with Gasteiger partial charge in [-0.15, -0.1) is 0 Å². The van der Waals surface area contributed by atoms with E-state index in [1.165, 1.54) is 12.8 Å². The van der Waals surface area contributed by atoms with Gasteiger partial charge >= 0.3 is 12.0 Å². The molecule has 0 unspecified atom stereocenters. The van der Waals surface area contributed by atoms with E-state index in [9.17, 15) is 14.4 Å². The summed E-state index contributed by atoms with van der Waals surface area (Å²) < 4.78 is 4.95. The van der Waals surface area contributed by atoms with Crippen LogP contribution in [0.25, 0.3) is 0 Å². The van der Waals surface area contributed by atoms with Crippen molar-refractivity contribution in [2.75, 3.05) is 41.8 Å². The van der Waals surface area contributed by atoms with Crippen molar-refractivity contribution < 1.29 is 19.1 Å². The molecule has 0 spiro atoms. The third-order valence-electron chi connectivity index (χ3n) is 4.63. The summed E-state index contributed by atoms with van der Waals surface area (Å²) in [7, 11) is 0. The highest BCUT2D eigenvalue weighted by Gasteiger charge is 2.13. The van der Waals surface area contributed by atoms with Crippen LogP contribution in [0.4, 0.5) is 21.9 Å². The van der Waals surface area contributed by atoms with Gasteiger partial charge in [0.2, 0.25) is 0 Å². The van der Waals surface area contributed by atoms with Gasteiger partial charge in [0.05, 0.1) is 6.42 Å². The van der Waals surface area contributed by atoms with E-state index in [0.29, 0.717) is 11.4 Å². The van der Waals surface area contributed by atoms with Crippen molar-refractivity contribution in [3.8, 4) is 0 Å². The summed E-state index contributed by atoms with van der Waals surface area (Å²) in [5.74, 6) is -0.971. The quantitative estimate of drug-likeness (QED) is 0.581. The second-order valence-electron chi connectivity index (χ2n) is 6.95. The molecule has 0 atom stereocenters. The average molecular weight is 410 g/mol. The first-order valence-corrected chi connectivity index (χ1v) is 10.0. The SMILES string of the molecule is O=C(COC(=O)CCNC(=O)Nc1ccccc1)Nc1ccc(N2CCCC2)cc1. The van der Waals surface area contributed by atoms with Gasteiger partial charge in [0, 0.05) is 36.7 Å². The summed E-state index contributed by atoms with van der Waals surface area (Å²) >= 11 is 0. The summed E-state index contributed by atoms with van der Waals surface area (Å²) in [6.07, 6.45) is 2.38. The molecule has 1 aliphatic rings. The lowest BCUT2D eigenvalue weighted by molar-refractivity contribution is -0.147. The third kappa shape index (κ3) is 6.80. The van der Waals surface area contributed by atoms with Gasteiger partial charge in [0.25, 0.3) is 5.91 Å². The van der Waals surface area contributed by atoms with E-state index in [1.807, 2.05) is 30.3 Å². The lowest BCUT2D eigenvalue weighted by Gasteiger charge is -2.17. The number of rotatable bonds is 8. The van der Waals surface area contributed by atoms with Crippen LogP contribution in [0, 0.1) is 0 Å². The van der Waals surface area contributed by atoms with Crippen molar-refractivity contribution in [3.05, 3.63) is 54.6 Å². The van der Waals surface area contributed by atoms with Crippen molar-refractivity contribution in [1.82, 2.24) is 5.32 Å². The highest BCUT2D eigenvalue weighted by molar-refractivity contribution is 5.93. The molecule has 0 aromatic heterocycles. The predicted octanol–water partition coefficient (Wildman–Crippen LogP) is 2.98. The van der Waals surface area contributed by atoms with E-state index in [4.69, 9.17) is 4.74 Å². The highest BCUT2D eigenvalue weighted by Crippen LogP contribution is 2.21. The molecular weight excluding hydrogens is 384 g/mol. The van der Waals surface area contributed by atoms with Crippen molar-refractivity contribution in [3.63, 3.8) is 0 Å². The Balaban J connectivity index is 1.30. The standard InChI is InChI=1S/C22H26N4O4/c27-20(24-18-8-10-19(11-9-18)26-14-4-5-15-26)16-30-21(28)12-13-23-22(29)25-17-6-2-1-3-7-17/h1-3,6-11H,4-5,12-16H2,(H,24,27)(H2,23,25,29). The number of carbonyl (C=O) groups is 3. The largest absolute Gasteiger partial charge is 0.456 e. The average Bonchev–Trinajstić information content (AvgIpc) is 3.28. The topological polar surface area (TPSA) is 99.8 Å². The van der Waals surface area contributed by atoms with Crippen LogP contribution in [-0.4, -0.2) is 44.1 Å². The molecule has 0 radical (unpaired) electrons. The fourth-order valence-corrected chi connectivity index (χ4v) is 3.12. The molecular formula is C22H26N4O4. The summed E-state index contributed by atoms with van der Waals surface area (Å²) in [6.45, 7) is 1.86. The predicted molar refractivity (Wildman–Crippen MR) is 116 cm³/mol. The molecule has 1 saturated heterocycles. The summed E-state index contributed by atoms with van der Waals surface area (Å²) in [5.41, 5.74) is 2.45. The fraction of sp³-hybridized carbons (Fsp3) is 0.318. The van der Waals surface area contributed by atoms with Crippen LogP contribution in [0.15, 0.2) is 54.6 Å². The van der Waals surface area contributed by atoms with Gasteiger partial charge in [0.1, 0.15) is 0 Å². The van der Waals surface area contributed by atoms with Crippen LogP contribution in [0.2, 0.25) is 0 Å². The molecule has 8 heteroatoms. The fourth-order valence-electron chi connectivity index (χ4n) is 3.12. The molecule has 1 heterocycles. The van der Waals surface area contributed by atoms with Gasteiger partial charge in [-0.1, -0.05) is 18.2 Å². The van der Waals surface area contributed by atoms with Gasteiger partial charge < -0.3 is 25.6 Å². The Kier molecular flexibility index (Phi) is 7.65. The second kappa shape index (κ2) is 10.8. The van der Waals surface area contributed by atoms with Crippen LogP contribution in [-0.2, 0) is 14.3 Å². The minimum absolute atomic E-state index is 0.0278. The van der Waals surface area contributed by atoms with Gasteiger partial charge in [-0.2, -0.15) is 0 Å². The first kappa shape index (κ1) is 21.2. The molecule has 2 aromatic rings. The number of carbonyl (C=O) groups excluding carboxylic acids is 3. The maximum atomic E-state index is 12.0. The van der Waals surface area contributed by atoms with Crippen molar-refractivity contribution in [2.45, 2.75) is 19.3 Å². The minimum Gasteiger partial charge on any atom is -0.456 e. The van der Waals surface area contributed by atoms with Crippen LogP contribution in [0.3, 0.4) is 0 Å². The van der Waals surface area contributed by atoms with E-state index in [2.05, 4.69) is 20.9 Å². The monoisotopic (exact) mass is 410 g/mol. The van der Waals surface area contributed by atoms with Crippen LogP contribution < -0.4 is 20.9 Å². The molecule has 0 saturated carbocycles. The van der Waals surface area contributed by atoms with Crippen LogP contribution in [0.1, 0.15) is 19.3 Å². The molecule has 0 bridgehead atoms. The number of anilines is 3. The molecule has 3 N–H and O–H groups in total. The number of hydrogen-bond acceptors (Lipinski definition) is 5. The number of nitrogens with zero attached hydrogens (tertiary/aromatic N) is 1. The van der Waals surface area contributed by atoms with E-state index < -0.39 is 17.9 Å². The summed E-state index contributed by atoms with van der Waals surface area (Å²) in [4.78, 5) is 37.8. The number of para-hydroxylation sites is 1. The molecule has 30 heavy (non-hydrogen) atoms. The Morgan fingerprint density at radius 2 is 1.53 bits per heavy atom. The smallest absolute Gasteiger partial charge is 0.319 e. The van der Waals surface area contributed by atoms with E-state index in [0.717, 1.165) is 18.8 Å². The maximum Gasteiger partial charge on any atom is 0.319 e. The number of benzene rings is 2. The Bertz CT molecular complexity index is 849. The molecule has 1 aliphatic heterocycles. The lowest BCUT2D eigenvalue weighted by Crippen LogP contribution is -2.31. The normalized spacial score (nSPS) is 12.9. The first-order valence-electron chi connectivity index (χ1n) is 10.0. The van der Waals surface area contributed by atoms with Crippen LogP contribution in [0.5, 0.6) is 0 Å². The molecule has 3 rings (SSSR count). The Morgan fingerprint density at radius 1 is 0.867 bits per heavy atom. The maximum absolute atomic E-state index is 12.0. The van der Waals surface area contributed by atoms with E-state index in [-0.39, 0.29) is 19.6 Å². The number of amides is 3. The van der Waals surface area contributed by atoms with Crippen LogP contribution >= 0.6 is 0 Å². The Hall–Kier alpha value is -3.55. The van der Waals surface area contributed by atoms with Crippen molar-refractivity contribution >= 4 is 35.0 Å². The Morgan fingerprint density at radius 3 is 2.23 bits per heavy atom. The summed E-state index contributed by atoms with van der Waals surface area (Å²) in [5, 5.41) is 7.91. The molecule has 3 amide bonds. The number of esters is 1. The third-order valence-corrected chi connectivity index (χ3v) is 4.63. The molecule has 0 aliphatic carbocycles. The number of hydrogen-bond donors (Lipinski definition) is 3. The number of urea groups is 1. The highest BCUT2D eigenvalue weighted by atomic mass is 16.5. The molecule has 158 valence electrons. The second-order valence-corrected chi connectivity index (χ2v) is 6.95. The minimum atomic E-state index is -0.561. The van der Waals surface area contributed by atoms with E-state index in [1.54, 1.807) is 24.3 Å². The first-order chi connectivity index (χ1) is 14.6. The Labute approximate surface area is 175 Å².